The maximum atomic E-state index is 7.05. The van der Waals surface area contributed by atoms with Crippen LogP contribution in [-0.2, 0) is 0 Å². The molecule has 5 heteroatoms. The highest BCUT2D eigenvalue weighted by molar-refractivity contribution is 8.00. The van der Waals surface area contributed by atoms with E-state index in [1.807, 2.05) is 11.8 Å². The summed E-state index contributed by atoms with van der Waals surface area (Å²) < 4.78 is 2.48. The summed E-state index contributed by atoms with van der Waals surface area (Å²) in [6, 6.07) is 63.4. The minimum Gasteiger partial charge on any atom is -0.364 e. The Balaban J connectivity index is 1.17. The van der Waals surface area contributed by atoms with Crippen molar-refractivity contribution >= 4 is 78.6 Å². The number of anilines is 3. The van der Waals surface area contributed by atoms with Crippen molar-refractivity contribution < 1.29 is 0 Å². The molecule has 0 amide bonds. The zero-order valence-electron chi connectivity index (χ0n) is 31.2. The molecule has 2 aliphatic rings. The lowest BCUT2D eigenvalue weighted by Gasteiger charge is -2.26. The number of rotatable bonds is 6. The summed E-state index contributed by atoms with van der Waals surface area (Å²) in [5.74, 6) is 0. The molecule has 0 bridgehead atoms. The van der Waals surface area contributed by atoms with Gasteiger partial charge in [-0.05, 0) is 129 Å². The summed E-state index contributed by atoms with van der Waals surface area (Å²) in [5, 5.41) is 5.86. The molecule has 57 heavy (non-hydrogen) atoms. The summed E-state index contributed by atoms with van der Waals surface area (Å²) in [6.07, 6.45) is 6.61. The Bertz CT molecular complexity index is 3040. The fourth-order valence-electron chi connectivity index (χ4n) is 8.81. The zero-order chi connectivity index (χ0) is 38.0. The van der Waals surface area contributed by atoms with Gasteiger partial charge in [-0.1, -0.05) is 127 Å². The number of hydrogen-bond donors (Lipinski definition) is 0. The van der Waals surface area contributed by atoms with Gasteiger partial charge in [0, 0.05) is 56.7 Å². The number of likely N-dealkylation sites (N-methyl/N-ethyl adjacent to an activating group) is 1. The minimum absolute atomic E-state index is 0.289. The summed E-state index contributed by atoms with van der Waals surface area (Å²) in [4.78, 5) is 5.90. The number of thioether (sulfide) groups is 1. The summed E-state index contributed by atoms with van der Waals surface area (Å²) in [7, 11) is 2.17. The van der Waals surface area contributed by atoms with Gasteiger partial charge in [0.2, 0.25) is 0 Å². The Labute approximate surface area is 341 Å². The van der Waals surface area contributed by atoms with Gasteiger partial charge < -0.3 is 14.4 Å². The molecule has 0 N–H and O–H groups in total. The summed E-state index contributed by atoms with van der Waals surface area (Å²) in [5.41, 5.74) is 13.9. The smallest absolute Gasteiger partial charge is 0.105 e. The summed E-state index contributed by atoms with van der Waals surface area (Å²) >= 11 is 8.97. The predicted octanol–water partition coefficient (Wildman–Crippen LogP) is 14.7. The van der Waals surface area contributed by atoms with E-state index in [-0.39, 0.29) is 5.37 Å². The molecule has 9 aromatic rings. The normalized spacial score (nSPS) is 14.6. The molecule has 11 rings (SSSR count). The second kappa shape index (κ2) is 13.6. The SMILES string of the molecule is CN1C=CC=C2c3cc(-n4c5ccc(-c6cc(Cl)cc(N(c7ccccc7)c7ccccc7)c6)cc5c5c(-c6ccccc6)c6ccccc6cc54)ccc3SC21. The van der Waals surface area contributed by atoms with E-state index in [1.54, 1.807) is 0 Å². The molecule has 3 heterocycles. The molecular weight excluding hydrogens is 734 g/mol. The summed E-state index contributed by atoms with van der Waals surface area (Å²) in [6.45, 7) is 0. The van der Waals surface area contributed by atoms with Crippen molar-refractivity contribution in [2.24, 2.45) is 0 Å². The third-order valence-electron chi connectivity index (χ3n) is 11.3. The lowest BCUT2D eigenvalue weighted by atomic mass is 9.92. The van der Waals surface area contributed by atoms with E-state index in [1.165, 1.54) is 54.2 Å². The van der Waals surface area contributed by atoms with Crippen molar-refractivity contribution in [3.8, 4) is 27.9 Å². The molecule has 2 aliphatic heterocycles. The number of para-hydroxylation sites is 2. The molecule has 0 saturated heterocycles. The molecule has 1 atom stereocenters. The van der Waals surface area contributed by atoms with Crippen molar-refractivity contribution in [3.05, 3.63) is 205 Å². The highest BCUT2D eigenvalue weighted by Crippen LogP contribution is 2.50. The van der Waals surface area contributed by atoms with Crippen molar-refractivity contribution in [1.29, 1.82) is 0 Å². The van der Waals surface area contributed by atoms with Crippen LogP contribution in [0.2, 0.25) is 5.02 Å². The van der Waals surface area contributed by atoms with Crippen LogP contribution in [0.25, 0.3) is 66.1 Å². The molecule has 1 aromatic heterocycles. The van der Waals surface area contributed by atoms with E-state index in [0.29, 0.717) is 5.02 Å². The van der Waals surface area contributed by atoms with Gasteiger partial charge in [-0.15, -0.1) is 0 Å². The number of allylic oxidation sites excluding steroid dienone is 2. The van der Waals surface area contributed by atoms with E-state index in [9.17, 15) is 0 Å². The maximum Gasteiger partial charge on any atom is 0.105 e. The van der Waals surface area contributed by atoms with E-state index in [2.05, 4.69) is 216 Å². The Hall–Kier alpha value is -6.46. The Morgan fingerprint density at radius 2 is 1.30 bits per heavy atom. The highest BCUT2D eigenvalue weighted by Gasteiger charge is 2.32. The maximum absolute atomic E-state index is 7.05. The van der Waals surface area contributed by atoms with Gasteiger partial charge in [0.15, 0.2) is 0 Å². The second-order valence-corrected chi connectivity index (χ2v) is 16.3. The second-order valence-electron chi connectivity index (χ2n) is 14.8. The molecule has 0 fully saturated rings. The van der Waals surface area contributed by atoms with E-state index in [0.717, 1.165) is 39.4 Å². The Morgan fingerprint density at radius 1 is 0.579 bits per heavy atom. The molecule has 3 nitrogen and oxygen atoms in total. The van der Waals surface area contributed by atoms with Gasteiger partial charge in [-0.2, -0.15) is 0 Å². The number of benzene rings is 8. The van der Waals surface area contributed by atoms with Gasteiger partial charge >= 0.3 is 0 Å². The van der Waals surface area contributed by atoms with Crippen molar-refractivity contribution in [3.63, 3.8) is 0 Å². The predicted molar refractivity (Wildman–Crippen MR) is 243 cm³/mol. The first-order chi connectivity index (χ1) is 28.1. The van der Waals surface area contributed by atoms with Gasteiger partial charge in [-0.25, -0.2) is 0 Å². The lowest BCUT2D eigenvalue weighted by molar-refractivity contribution is 0.485. The number of fused-ring (bicyclic) bond motifs is 7. The number of halogens is 1. The van der Waals surface area contributed by atoms with Crippen LogP contribution in [0.4, 0.5) is 17.1 Å². The third kappa shape index (κ3) is 5.67. The van der Waals surface area contributed by atoms with Crippen LogP contribution in [0.3, 0.4) is 0 Å². The number of aromatic nitrogens is 1. The van der Waals surface area contributed by atoms with E-state index in [4.69, 9.17) is 11.6 Å². The van der Waals surface area contributed by atoms with E-state index >= 15 is 0 Å². The van der Waals surface area contributed by atoms with Gasteiger partial charge in [-0.3, -0.25) is 0 Å². The van der Waals surface area contributed by atoms with Gasteiger partial charge in [0.1, 0.15) is 5.37 Å². The van der Waals surface area contributed by atoms with Crippen LogP contribution in [-0.4, -0.2) is 21.9 Å². The Kier molecular flexibility index (Phi) is 8.09. The molecule has 272 valence electrons. The van der Waals surface area contributed by atoms with Gasteiger partial charge in [0.05, 0.1) is 11.0 Å². The molecule has 0 saturated carbocycles. The van der Waals surface area contributed by atoms with Crippen LogP contribution >= 0.6 is 23.4 Å². The average Bonchev–Trinajstić information content (AvgIpc) is 3.79. The topological polar surface area (TPSA) is 11.4 Å². The fourth-order valence-corrected chi connectivity index (χ4v) is 10.3. The lowest BCUT2D eigenvalue weighted by Crippen LogP contribution is -2.24. The van der Waals surface area contributed by atoms with Crippen molar-refractivity contribution in [2.75, 3.05) is 11.9 Å². The fraction of sp³-hybridized carbons (Fsp3) is 0.0385. The molecule has 8 aromatic carbocycles. The first kappa shape index (κ1) is 33.8. The largest absolute Gasteiger partial charge is 0.364 e. The molecule has 1 unspecified atom stereocenters. The third-order valence-corrected chi connectivity index (χ3v) is 13.0. The quantitative estimate of drug-likeness (QED) is 0.167. The number of nitrogens with zero attached hydrogens (tertiary/aromatic N) is 3. The van der Waals surface area contributed by atoms with Crippen LogP contribution in [0, 0.1) is 0 Å². The van der Waals surface area contributed by atoms with Crippen LogP contribution in [0.5, 0.6) is 0 Å². The molecular formula is C52H36ClN3S. The highest BCUT2D eigenvalue weighted by atomic mass is 35.5. The van der Waals surface area contributed by atoms with Crippen LogP contribution in [0.15, 0.2) is 199 Å². The average molecular weight is 770 g/mol. The zero-order valence-corrected chi connectivity index (χ0v) is 32.8. The molecule has 0 aliphatic carbocycles. The van der Waals surface area contributed by atoms with Crippen molar-refractivity contribution in [2.45, 2.75) is 10.3 Å². The first-order valence-corrected chi connectivity index (χ1v) is 20.5. The van der Waals surface area contributed by atoms with Crippen LogP contribution in [0.1, 0.15) is 5.56 Å². The monoisotopic (exact) mass is 769 g/mol. The van der Waals surface area contributed by atoms with E-state index < -0.39 is 0 Å². The minimum atomic E-state index is 0.289. The van der Waals surface area contributed by atoms with Gasteiger partial charge in [0.25, 0.3) is 0 Å². The Morgan fingerprint density at radius 3 is 2.07 bits per heavy atom. The number of hydrogen-bond acceptors (Lipinski definition) is 3. The van der Waals surface area contributed by atoms with Crippen LogP contribution < -0.4 is 4.90 Å². The molecule has 0 spiro atoms. The molecule has 0 radical (unpaired) electrons. The first-order valence-electron chi connectivity index (χ1n) is 19.3. The van der Waals surface area contributed by atoms with Crippen molar-refractivity contribution in [1.82, 2.24) is 9.47 Å². The standard InChI is InChI=1S/C52H36ClN3S/c1-54-27-13-22-44-45-33-41(24-26-49(45)57-52(44)54)56-47-25-23-35(30-46(47)51-48(56)31-36-16-11-12-21-43(36)50(51)34-14-5-2-6-15-34)37-28-38(53)32-42(29-37)55(39-17-7-3-8-18-39)40-19-9-4-10-20-40/h2-33,52H,1H3.